The van der Waals surface area contributed by atoms with Crippen LogP contribution in [0.25, 0.3) is 0 Å². The third-order valence-corrected chi connectivity index (χ3v) is 3.38. The van der Waals surface area contributed by atoms with Gasteiger partial charge in [-0.15, -0.1) is 11.6 Å². The van der Waals surface area contributed by atoms with Gasteiger partial charge in [0.1, 0.15) is 23.2 Å². The van der Waals surface area contributed by atoms with Gasteiger partial charge < -0.3 is 4.74 Å². The van der Waals surface area contributed by atoms with E-state index in [0.717, 1.165) is 12.1 Å². The molecule has 0 aliphatic carbocycles. The van der Waals surface area contributed by atoms with E-state index in [1.165, 1.54) is 25.3 Å². The number of hydrogen-bond donors (Lipinski definition) is 0. The summed E-state index contributed by atoms with van der Waals surface area (Å²) in [6, 6.07) is 7.74. The number of hydrogen-bond acceptors (Lipinski definition) is 1. The van der Waals surface area contributed by atoms with E-state index >= 15 is 0 Å². The molecule has 0 fully saturated rings. The van der Waals surface area contributed by atoms with Gasteiger partial charge in [-0.05, 0) is 24.6 Å². The number of halogens is 4. The van der Waals surface area contributed by atoms with Crippen LogP contribution in [0.3, 0.4) is 0 Å². The zero-order valence-electron chi connectivity index (χ0n) is 10.7. The van der Waals surface area contributed by atoms with Crippen molar-refractivity contribution in [1.82, 2.24) is 0 Å². The van der Waals surface area contributed by atoms with Gasteiger partial charge in [0.15, 0.2) is 0 Å². The zero-order valence-corrected chi connectivity index (χ0v) is 11.4. The third kappa shape index (κ3) is 3.07. The maximum atomic E-state index is 13.8. The van der Waals surface area contributed by atoms with Gasteiger partial charge in [-0.2, -0.15) is 0 Å². The van der Waals surface area contributed by atoms with Crippen molar-refractivity contribution >= 4 is 11.6 Å². The Labute approximate surface area is 119 Å². The summed E-state index contributed by atoms with van der Waals surface area (Å²) in [7, 11) is 1.42. The van der Waals surface area contributed by atoms with Gasteiger partial charge in [-0.1, -0.05) is 12.1 Å². The molecule has 20 heavy (non-hydrogen) atoms. The lowest BCUT2D eigenvalue weighted by molar-refractivity contribution is 0.410. The zero-order chi connectivity index (χ0) is 14.7. The van der Waals surface area contributed by atoms with Crippen molar-refractivity contribution in [3.05, 3.63) is 65.0 Å². The summed E-state index contributed by atoms with van der Waals surface area (Å²) < 4.78 is 45.8. The van der Waals surface area contributed by atoms with Crippen molar-refractivity contribution in [2.75, 3.05) is 7.11 Å². The fraction of sp³-hybridized carbons (Fsp3) is 0.200. The van der Waals surface area contributed by atoms with Gasteiger partial charge >= 0.3 is 0 Å². The molecule has 5 heteroatoms. The standard InChI is InChI=1S/C15H12ClF3O/c1-20-9-5-6-10(15(19)7-9)12(16)8-11-13(17)3-2-4-14(11)18/h2-7,12H,8H2,1H3. The normalized spacial score (nSPS) is 12.2. The first-order chi connectivity index (χ1) is 9.52. The Morgan fingerprint density at radius 1 is 1.05 bits per heavy atom. The van der Waals surface area contributed by atoms with E-state index in [-0.39, 0.29) is 17.5 Å². The molecule has 2 aromatic carbocycles. The summed E-state index contributed by atoms with van der Waals surface area (Å²) in [6.07, 6.45) is -0.136. The average molecular weight is 301 g/mol. The van der Waals surface area contributed by atoms with Crippen LogP contribution >= 0.6 is 11.6 Å². The predicted molar refractivity (Wildman–Crippen MR) is 71.6 cm³/mol. The van der Waals surface area contributed by atoms with Gasteiger partial charge in [0, 0.05) is 17.2 Å². The van der Waals surface area contributed by atoms with Gasteiger partial charge in [0.05, 0.1) is 12.5 Å². The number of ether oxygens (including phenoxy) is 1. The van der Waals surface area contributed by atoms with E-state index in [0.29, 0.717) is 5.75 Å². The molecule has 0 aromatic heterocycles. The lowest BCUT2D eigenvalue weighted by Crippen LogP contribution is -2.03. The number of rotatable bonds is 4. The highest BCUT2D eigenvalue weighted by Gasteiger charge is 2.18. The molecule has 0 aliphatic rings. The highest BCUT2D eigenvalue weighted by Crippen LogP contribution is 2.30. The van der Waals surface area contributed by atoms with Crippen molar-refractivity contribution in [1.29, 1.82) is 0 Å². The van der Waals surface area contributed by atoms with Crippen LogP contribution in [-0.4, -0.2) is 7.11 Å². The van der Waals surface area contributed by atoms with E-state index in [1.807, 2.05) is 0 Å². The lowest BCUT2D eigenvalue weighted by atomic mass is 10.0. The van der Waals surface area contributed by atoms with Crippen molar-refractivity contribution in [3.63, 3.8) is 0 Å². The van der Waals surface area contributed by atoms with Crippen molar-refractivity contribution in [2.24, 2.45) is 0 Å². The van der Waals surface area contributed by atoms with Crippen LogP contribution in [0.2, 0.25) is 0 Å². The summed E-state index contributed by atoms with van der Waals surface area (Å²) >= 11 is 6.07. The summed E-state index contributed by atoms with van der Waals surface area (Å²) in [6.45, 7) is 0. The average Bonchev–Trinajstić information content (AvgIpc) is 2.42. The Morgan fingerprint density at radius 2 is 1.70 bits per heavy atom. The molecule has 0 saturated carbocycles. The SMILES string of the molecule is COc1ccc(C(Cl)Cc2c(F)cccc2F)c(F)c1. The molecule has 1 unspecified atom stereocenters. The van der Waals surface area contributed by atoms with Crippen LogP contribution in [0.15, 0.2) is 36.4 Å². The Morgan fingerprint density at radius 3 is 2.25 bits per heavy atom. The molecule has 1 nitrogen and oxygen atoms in total. The summed E-state index contributed by atoms with van der Waals surface area (Å²) in [5, 5.41) is -0.868. The first kappa shape index (κ1) is 14.7. The first-order valence-corrected chi connectivity index (χ1v) is 6.37. The maximum absolute atomic E-state index is 13.8. The Hall–Kier alpha value is -1.68. The van der Waals surface area contributed by atoms with E-state index in [1.54, 1.807) is 6.07 Å². The van der Waals surface area contributed by atoms with Crippen molar-refractivity contribution in [3.8, 4) is 5.75 Å². The molecule has 0 bridgehead atoms. The van der Waals surface area contributed by atoms with Gasteiger partial charge in [0.25, 0.3) is 0 Å². The molecular formula is C15H12ClF3O. The summed E-state index contributed by atoms with van der Waals surface area (Å²) in [5.74, 6) is -1.59. The second kappa shape index (κ2) is 6.18. The quantitative estimate of drug-likeness (QED) is 0.748. The molecule has 1 atom stereocenters. The molecule has 0 amide bonds. The molecule has 0 saturated heterocycles. The molecule has 106 valence electrons. The van der Waals surface area contributed by atoms with Gasteiger partial charge in [-0.25, -0.2) is 13.2 Å². The van der Waals surface area contributed by atoms with Crippen LogP contribution in [0, 0.1) is 17.5 Å². The highest BCUT2D eigenvalue weighted by atomic mass is 35.5. The Bertz CT molecular complexity index is 596. The monoisotopic (exact) mass is 300 g/mol. The van der Waals surface area contributed by atoms with E-state index < -0.39 is 22.8 Å². The van der Waals surface area contributed by atoms with Gasteiger partial charge in [0.2, 0.25) is 0 Å². The van der Waals surface area contributed by atoms with Crippen LogP contribution in [-0.2, 0) is 6.42 Å². The fourth-order valence-electron chi connectivity index (χ4n) is 1.91. The molecule has 2 aromatic rings. The van der Waals surface area contributed by atoms with Crippen LogP contribution in [0.5, 0.6) is 5.75 Å². The Kier molecular flexibility index (Phi) is 4.55. The maximum Gasteiger partial charge on any atom is 0.131 e. The third-order valence-electron chi connectivity index (χ3n) is 2.99. The fourth-order valence-corrected chi connectivity index (χ4v) is 2.24. The lowest BCUT2D eigenvalue weighted by Gasteiger charge is -2.13. The molecule has 0 radical (unpaired) electrons. The smallest absolute Gasteiger partial charge is 0.131 e. The predicted octanol–water partition coefficient (Wildman–Crippen LogP) is 4.64. The van der Waals surface area contributed by atoms with E-state index in [4.69, 9.17) is 16.3 Å². The summed E-state index contributed by atoms with van der Waals surface area (Å²) in [4.78, 5) is 0. The molecule has 0 heterocycles. The van der Waals surface area contributed by atoms with Crippen molar-refractivity contribution < 1.29 is 17.9 Å². The molecule has 0 N–H and O–H groups in total. The molecular weight excluding hydrogens is 289 g/mol. The highest BCUT2D eigenvalue weighted by molar-refractivity contribution is 6.20. The minimum atomic E-state index is -0.868. The number of methoxy groups -OCH3 is 1. The molecule has 0 spiro atoms. The topological polar surface area (TPSA) is 9.23 Å². The second-order valence-corrected chi connectivity index (χ2v) is 4.79. The number of alkyl halides is 1. The first-order valence-electron chi connectivity index (χ1n) is 5.93. The largest absolute Gasteiger partial charge is 0.497 e. The number of benzene rings is 2. The Balaban J connectivity index is 2.26. The van der Waals surface area contributed by atoms with Crippen LogP contribution in [0.4, 0.5) is 13.2 Å². The minimum Gasteiger partial charge on any atom is -0.497 e. The minimum absolute atomic E-state index is 0.136. The summed E-state index contributed by atoms with van der Waals surface area (Å²) in [5.41, 5.74) is 0.0258. The second-order valence-electron chi connectivity index (χ2n) is 4.26. The van der Waals surface area contributed by atoms with Crippen LogP contribution < -0.4 is 4.74 Å². The van der Waals surface area contributed by atoms with Crippen LogP contribution in [0.1, 0.15) is 16.5 Å². The molecule has 2 rings (SSSR count). The van der Waals surface area contributed by atoms with E-state index in [2.05, 4.69) is 0 Å². The van der Waals surface area contributed by atoms with Gasteiger partial charge in [-0.3, -0.25) is 0 Å². The molecule has 0 aliphatic heterocycles. The van der Waals surface area contributed by atoms with E-state index in [9.17, 15) is 13.2 Å². The van der Waals surface area contributed by atoms with Crippen molar-refractivity contribution in [2.45, 2.75) is 11.8 Å².